The maximum Gasteiger partial charge on any atom is 0.337 e. The van der Waals surface area contributed by atoms with Gasteiger partial charge in [-0.15, -0.1) is 0 Å². The molecule has 5 aliphatic rings. The number of hydrogen-bond acceptors (Lipinski definition) is 6. The Morgan fingerprint density at radius 3 is 2.30 bits per heavy atom. The first-order valence-corrected chi connectivity index (χ1v) is 12.8. The highest BCUT2D eigenvalue weighted by Gasteiger charge is 2.70. The summed E-state index contributed by atoms with van der Waals surface area (Å²) in [5.74, 6) is -0.151. The second kappa shape index (κ2) is 7.07. The Labute approximate surface area is 197 Å². The van der Waals surface area contributed by atoms with Crippen LogP contribution in [0.2, 0.25) is 0 Å². The van der Waals surface area contributed by atoms with E-state index in [1.54, 1.807) is 0 Å². The molecule has 33 heavy (non-hydrogen) atoms. The van der Waals surface area contributed by atoms with E-state index in [-0.39, 0.29) is 22.2 Å². The molecule has 0 spiro atoms. The molecule has 0 bridgehead atoms. The lowest BCUT2D eigenvalue weighted by Crippen LogP contribution is -2.66. The summed E-state index contributed by atoms with van der Waals surface area (Å²) in [5.41, 5.74) is 0.145. The third kappa shape index (κ3) is 2.92. The van der Waals surface area contributed by atoms with Crippen LogP contribution in [0.1, 0.15) is 86.5 Å². The number of rotatable bonds is 1. The smallest absolute Gasteiger partial charge is 0.337 e. The molecule has 184 valence electrons. The number of carbonyl (C=O) groups is 2. The average Bonchev–Trinajstić information content (AvgIpc) is 3.00. The number of aliphatic hydroxyl groups is 2. The Kier molecular flexibility index (Phi) is 5.00. The van der Waals surface area contributed by atoms with Crippen LogP contribution >= 0.6 is 0 Å². The molecule has 6 nitrogen and oxygen atoms in total. The van der Waals surface area contributed by atoms with Crippen LogP contribution < -0.4 is 0 Å². The van der Waals surface area contributed by atoms with E-state index in [1.807, 2.05) is 6.92 Å². The molecule has 4 aliphatic carbocycles. The first-order chi connectivity index (χ1) is 15.3. The summed E-state index contributed by atoms with van der Waals surface area (Å²) in [6.07, 6.45) is 4.08. The highest BCUT2D eigenvalue weighted by Crippen LogP contribution is 2.73. The Bertz CT molecular complexity index is 922. The standard InChI is InChI=1S/C27H40O6/c1-14(28)32-15-12-18-26(5)11-8-16-24(2,3)9-7-10-25(16,4)17(26)13-19(29)27(18,6)21-20(15)22(30)33-23(21)31/h15-19,22,29-30H,7-13H2,1-6H3. The third-order valence-electron chi connectivity index (χ3n) is 11.1. The van der Waals surface area contributed by atoms with E-state index in [0.717, 1.165) is 12.8 Å². The van der Waals surface area contributed by atoms with Gasteiger partial charge in [0.1, 0.15) is 6.10 Å². The minimum atomic E-state index is -1.42. The Balaban J connectivity index is 1.64. The topological polar surface area (TPSA) is 93.1 Å². The SMILES string of the molecule is CC(=O)OC1CC2C3(C)CCC4C(C)(C)CCCC4(C)C3CC(O)C2(C)C2=C1C(O)OC2=O. The fourth-order valence-electron chi connectivity index (χ4n) is 9.85. The molecule has 0 amide bonds. The first kappa shape index (κ1) is 23.3. The van der Waals surface area contributed by atoms with Crippen molar-refractivity contribution in [2.75, 3.05) is 0 Å². The zero-order valence-corrected chi connectivity index (χ0v) is 20.9. The fourth-order valence-corrected chi connectivity index (χ4v) is 9.85. The van der Waals surface area contributed by atoms with E-state index < -0.39 is 35.9 Å². The van der Waals surface area contributed by atoms with Gasteiger partial charge in [0.05, 0.1) is 11.7 Å². The van der Waals surface area contributed by atoms with Crippen molar-refractivity contribution in [3.63, 3.8) is 0 Å². The Morgan fingerprint density at radius 2 is 1.64 bits per heavy atom. The molecule has 1 heterocycles. The maximum absolute atomic E-state index is 13.0. The number of carbonyl (C=O) groups excluding carboxylic acids is 2. The summed E-state index contributed by atoms with van der Waals surface area (Å²) in [5, 5.41) is 22.3. The van der Waals surface area contributed by atoms with Crippen molar-refractivity contribution in [2.24, 2.45) is 39.4 Å². The largest absolute Gasteiger partial charge is 0.458 e. The predicted octanol–water partition coefficient (Wildman–Crippen LogP) is 4.13. The van der Waals surface area contributed by atoms with E-state index in [1.165, 1.54) is 26.2 Å². The van der Waals surface area contributed by atoms with E-state index in [4.69, 9.17) is 9.47 Å². The van der Waals surface area contributed by atoms with Crippen LogP contribution in [0, 0.1) is 39.4 Å². The molecule has 0 aromatic heterocycles. The van der Waals surface area contributed by atoms with Crippen molar-refractivity contribution in [1.29, 1.82) is 0 Å². The molecule has 0 radical (unpaired) electrons. The summed E-state index contributed by atoms with van der Waals surface area (Å²) in [6.45, 7) is 12.9. The molecule has 2 N–H and O–H groups in total. The normalized spacial score (nSPS) is 50.5. The van der Waals surface area contributed by atoms with E-state index in [9.17, 15) is 19.8 Å². The monoisotopic (exact) mass is 460 g/mol. The fraction of sp³-hybridized carbons (Fsp3) is 0.852. The third-order valence-corrected chi connectivity index (χ3v) is 11.1. The molecule has 1 aliphatic heterocycles. The van der Waals surface area contributed by atoms with Gasteiger partial charge in [0, 0.05) is 17.9 Å². The van der Waals surface area contributed by atoms with Crippen LogP contribution in [-0.4, -0.2) is 40.6 Å². The predicted molar refractivity (Wildman–Crippen MR) is 122 cm³/mol. The second-order valence-electron chi connectivity index (χ2n) is 13.0. The van der Waals surface area contributed by atoms with Gasteiger partial charge in [-0.2, -0.15) is 0 Å². The molecule has 9 unspecified atom stereocenters. The molecular formula is C27H40O6. The molecule has 5 rings (SSSR count). The summed E-state index contributed by atoms with van der Waals surface area (Å²) in [4.78, 5) is 25.0. The lowest BCUT2D eigenvalue weighted by Gasteiger charge is -2.70. The lowest BCUT2D eigenvalue weighted by atomic mass is 9.35. The highest BCUT2D eigenvalue weighted by molar-refractivity contribution is 5.94. The van der Waals surface area contributed by atoms with E-state index >= 15 is 0 Å². The second-order valence-corrected chi connectivity index (χ2v) is 13.0. The zero-order chi connectivity index (χ0) is 24.1. The van der Waals surface area contributed by atoms with Crippen LogP contribution in [0.15, 0.2) is 11.1 Å². The van der Waals surface area contributed by atoms with Gasteiger partial charge < -0.3 is 19.7 Å². The van der Waals surface area contributed by atoms with Crippen molar-refractivity contribution in [3.8, 4) is 0 Å². The summed E-state index contributed by atoms with van der Waals surface area (Å²) in [7, 11) is 0. The van der Waals surface area contributed by atoms with Gasteiger partial charge in [0.2, 0.25) is 6.29 Å². The molecular weight excluding hydrogens is 420 g/mol. The molecule has 0 aromatic rings. The van der Waals surface area contributed by atoms with Crippen LogP contribution in [0.3, 0.4) is 0 Å². The zero-order valence-electron chi connectivity index (χ0n) is 20.9. The lowest BCUT2D eigenvalue weighted by molar-refractivity contribution is -0.223. The molecule has 9 atom stereocenters. The van der Waals surface area contributed by atoms with Crippen LogP contribution in [0.5, 0.6) is 0 Å². The number of aliphatic hydroxyl groups excluding tert-OH is 2. The molecule has 0 aromatic carbocycles. The molecule has 3 saturated carbocycles. The van der Waals surface area contributed by atoms with Crippen molar-refractivity contribution >= 4 is 11.9 Å². The van der Waals surface area contributed by atoms with Gasteiger partial charge in [-0.3, -0.25) is 4.79 Å². The molecule has 3 fully saturated rings. The quantitative estimate of drug-likeness (QED) is 0.572. The van der Waals surface area contributed by atoms with Crippen molar-refractivity contribution in [2.45, 2.75) is 105 Å². The van der Waals surface area contributed by atoms with Crippen molar-refractivity contribution < 1.29 is 29.3 Å². The van der Waals surface area contributed by atoms with Crippen molar-refractivity contribution in [1.82, 2.24) is 0 Å². The highest BCUT2D eigenvalue weighted by atomic mass is 16.6. The van der Waals surface area contributed by atoms with Crippen molar-refractivity contribution in [3.05, 3.63) is 11.1 Å². The van der Waals surface area contributed by atoms with Crippen LogP contribution in [0.4, 0.5) is 0 Å². The summed E-state index contributed by atoms with van der Waals surface area (Å²) in [6, 6.07) is 0. The van der Waals surface area contributed by atoms with Gasteiger partial charge in [0.15, 0.2) is 0 Å². The Morgan fingerprint density at radius 1 is 0.970 bits per heavy atom. The number of fused-ring (bicyclic) bond motifs is 6. The number of esters is 2. The number of ether oxygens (including phenoxy) is 2. The minimum absolute atomic E-state index is 0.0532. The van der Waals surface area contributed by atoms with Gasteiger partial charge in [-0.25, -0.2) is 4.79 Å². The summed E-state index contributed by atoms with van der Waals surface area (Å²) < 4.78 is 10.9. The van der Waals surface area contributed by atoms with E-state index in [0.29, 0.717) is 35.8 Å². The average molecular weight is 461 g/mol. The molecule has 6 heteroatoms. The van der Waals surface area contributed by atoms with Gasteiger partial charge in [0.25, 0.3) is 0 Å². The maximum atomic E-state index is 13.0. The number of cyclic esters (lactones) is 1. The van der Waals surface area contributed by atoms with Crippen LogP contribution in [-0.2, 0) is 19.1 Å². The molecule has 0 saturated heterocycles. The minimum Gasteiger partial charge on any atom is -0.458 e. The van der Waals surface area contributed by atoms with Gasteiger partial charge >= 0.3 is 11.9 Å². The first-order valence-electron chi connectivity index (χ1n) is 12.8. The summed E-state index contributed by atoms with van der Waals surface area (Å²) >= 11 is 0. The Hall–Kier alpha value is -1.40. The van der Waals surface area contributed by atoms with Gasteiger partial charge in [-0.05, 0) is 72.5 Å². The number of hydrogen-bond donors (Lipinski definition) is 2. The van der Waals surface area contributed by atoms with Gasteiger partial charge in [-0.1, -0.05) is 41.0 Å². The van der Waals surface area contributed by atoms with Crippen LogP contribution in [0.25, 0.3) is 0 Å². The van der Waals surface area contributed by atoms with E-state index in [2.05, 4.69) is 27.7 Å².